The zero-order valence-electron chi connectivity index (χ0n) is 12.0. The van der Waals surface area contributed by atoms with Gasteiger partial charge in [-0.2, -0.15) is 0 Å². The largest absolute Gasteiger partial charge is 0.430 e. The molecule has 0 bridgehead atoms. The Morgan fingerprint density at radius 2 is 1.59 bits per heavy atom. The van der Waals surface area contributed by atoms with Gasteiger partial charge < -0.3 is 9.47 Å². The van der Waals surface area contributed by atoms with Crippen molar-refractivity contribution in [1.29, 1.82) is 0 Å². The summed E-state index contributed by atoms with van der Waals surface area (Å²) in [5.41, 5.74) is -1.03. The summed E-state index contributed by atoms with van der Waals surface area (Å²) in [5, 5.41) is 0. The molecule has 1 aliphatic heterocycles. The van der Waals surface area contributed by atoms with E-state index in [9.17, 15) is 9.59 Å². The zero-order chi connectivity index (χ0) is 15.6. The molecule has 2 aromatic rings. The van der Waals surface area contributed by atoms with Gasteiger partial charge in [-0.15, -0.1) is 0 Å². The van der Waals surface area contributed by atoms with Crippen LogP contribution < -0.4 is 4.74 Å². The first-order chi connectivity index (χ1) is 10.6. The molecule has 0 saturated carbocycles. The minimum absolute atomic E-state index is 0.383. The Labute approximate surface area is 128 Å². The van der Waals surface area contributed by atoms with E-state index in [4.69, 9.17) is 9.47 Å². The highest BCUT2D eigenvalue weighted by molar-refractivity contribution is 6.11. The Morgan fingerprint density at radius 3 is 2.14 bits per heavy atom. The van der Waals surface area contributed by atoms with E-state index in [-0.39, 0.29) is 0 Å². The van der Waals surface area contributed by atoms with Crippen molar-refractivity contribution < 1.29 is 19.1 Å². The third kappa shape index (κ3) is 2.29. The normalized spacial score (nSPS) is 20.2. The van der Waals surface area contributed by atoms with Gasteiger partial charge in [-0.05, 0) is 30.7 Å². The number of hydrogen-bond acceptors (Lipinski definition) is 4. The van der Waals surface area contributed by atoms with Crippen LogP contribution in [0, 0.1) is 0 Å². The van der Waals surface area contributed by atoms with Gasteiger partial charge >= 0.3 is 11.9 Å². The molecule has 2 aromatic carbocycles. The van der Waals surface area contributed by atoms with Crippen LogP contribution in [0.15, 0.2) is 72.5 Å². The van der Waals surface area contributed by atoms with E-state index < -0.39 is 17.4 Å². The summed E-state index contributed by atoms with van der Waals surface area (Å²) < 4.78 is 10.5. The van der Waals surface area contributed by atoms with Gasteiger partial charge in [0, 0.05) is 0 Å². The average molecular weight is 294 g/mol. The number of para-hydroxylation sites is 1. The van der Waals surface area contributed by atoms with Crippen molar-refractivity contribution >= 4 is 11.9 Å². The van der Waals surface area contributed by atoms with Crippen molar-refractivity contribution in [2.45, 2.75) is 12.3 Å². The molecule has 1 aliphatic rings. The number of cyclic esters (lactones) is 1. The minimum atomic E-state index is -1.55. The smallest absolute Gasteiger partial charge is 0.337 e. The predicted octanol–water partition coefficient (Wildman–Crippen LogP) is 2.99. The van der Waals surface area contributed by atoms with E-state index in [1.165, 1.54) is 6.08 Å². The first kappa shape index (κ1) is 14.1. The molecular weight excluding hydrogens is 280 g/mol. The van der Waals surface area contributed by atoms with Crippen LogP contribution in [0.1, 0.15) is 12.5 Å². The van der Waals surface area contributed by atoms with E-state index in [0.717, 1.165) is 0 Å². The fourth-order valence-corrected chi connectivity index (χ4v) is 2.46. The van der Waals surface area contributed by atoms with Crippen LogP contribution in [0.25, 0.3) is 0 Å². The van der Waals surface area contributed by atoms with Gasteiger partial charge in [0.05, 0.1) is 0 Å². The van der Waals surface area contributed by atoms with Gasteiger partial charge in [0.2, 0.25) is 5.41 Å². The van der Waals surface area contributed by atoms with Crippen LogP contribution >= 0.6 is 0 Å². The molecule has 0 unspecified atom stereocenters. The molecule has 4 nitrogen and oxygen atoms in total. The second-order valence-electron chi connectivity index (χ2n) is 5.02. The molecule has 0 aliphatic carbocycles. The van der Waals surface area contributed by atoms with Gasteiger partial charge in [0.15, 0.2) is 0 Å². The summed E-state index contributed by atoms with van der Waals surface area (Å²) in [4.78, 5) is 25.1. The number of rotatable bonds is 3. The van der Waals surface area contributed by atoms with Crippen molar-refractivity contribution in [2.75, 3.05) is 0 Å². The number of carbonyl (C=O) groups excluding carboxylic acids is 2. The summed E-state index contributed by atoms with van der Waals surface area (Å²) in [6.45, 7) is 1.64. The molecule has 110 valence electrons. The molecule has 0 fully saturated rings. The molecule has 1 atom stereocenters. The molecule has 0 radical (unpaired) electrons. The highest BCUT2D eigenvalue weighted by Crippen LogP contribution is 2.36. The molecule has 0 saturated heterocycles. The monoisotopic (exact) mass is 294 g/mol. The van der Waals surface area contributed by atoms with Crippen molar-refractivity contribution in [3.05, 3.63) is 78.1 Å². The number of allylic oxidation sites excluding steroid dienone is 1. The SMILES string of the molecule is CC1=C[C@@](C(=O)Oc2ccccc2)(c2ccccc2)C(=O)O1. The maximum Gasteiger partial charge on any atom is 0.337 e. The molecule has 4 heteroatoms. The number of benzene rings is 2. The molecular formula is C18H14O4. The van der Waals surface area contributed by atoms with Gasteiger partial charge in [-0.1, -0.05) is 48.5 Å². The lowest BCUT2D eigenvalue weighted by Crippen LogP contribution is -2.42. The molecule has 3 rings (SSSR count). The Morgan fingerprint density at radius 1 is 1.00 bits per heavy atom. The molecule has 1 heterocycles. The predicted molar refractivity (Wildman–Crippen MR) is 80.0 cm³/mol. The lowest BCUT2D eigenvalue weighted by molar-refractivity contribution is -0.152. The van der Waals surface area contributed by atoms with Gasteiger partial charge in [-0.25, -0.2) is 9.59 Å². The summed E-state index contributed by atoms with van der Waals surface area (Å²) in [7, 11) is 0. The Hall–Kier alpha value is -2.88. The highest BCUT2D eigenvalue weighted by atomic mass is 16.6. The van der Waals surface area contributed by atoms with Crippen LogP contribution in [-0.2, 0) is 19.7 Å². The molecule has 0 amide bonds. The Bertz CT molecular complexity index is 734. The molecule has 22 heavy (non-hydrogen) atoms. The van der Waals surface area contributed by atoms with Gasteiger partial charge in [0.25, 0.3) is 0 Å². The third-order valence-electron chi connectivity index (χ3n) is 3.50. The standard InChI is InChI=1S/C18H14O4/c1-13-12-18(16(19)21-13,14-8-4-2-5-9-14)17(20)22-15-10-6-3-7-11-15/h2-12H,1H3/t18-/m1/s1. The van der Waals surface area contributed by atoms with Gasteiger partial charge in [0.1, 0.15) is 11.5 Å². The summed E-state index contributed by atoms with van der Waals surface area (Å²) >= 11 is 0. The summed E-state index contributed by atoms with van der Waals surface area (Å²) in [6, 6.07) is 17.4. The van der Waals surface area contributed by atoms with Crippen LogP contribution in [0.2, 0.25) is 0 Å². The highest BCUT2D eigenvalue weighted by Gasteiger charge is 2.53. The lowest BCUT2D eigenvalue weighted by Gasteiger charge is -2.21. The number of esters is 2. The van der Waals surface area contributed by atoms with E-state index in [1.54, 1.807) is 55.5 Å². The Balaban J connectivity index is 2.04. The van der Waals surface area contributed by atoms with Crippen LogP contribution in [0.3, 0.4) is 0 Å². The summed E-state index contributed by atoms with van der Waals surface area (Å²) in [5.74, 6) is -0.545. The molecule has 0 N–H and O–H groups in total. The number of hydrogen-bond donors (Lipinski definition) is 0. The average Bonchev–Trinajstić information content (AvgIpc) is 2.85. The first-order valence-electron chi connectivity index (χ1n) is 6.87. The second kappa shape index (κ2) is 5.48. The molecule has 0 aromatic heterocycles. The topological polar surface area (TPSA) is 52.6 Å². The van der Waals surface area contributed by atoms with E-state index >= 15 is 0 Å². The van der Waals surface area contributed by atoms with Crippen molar-refractivity contribution in [3.8, 4) is 5.75 Å². The van der Waals surface area contributed by atoms with E-state index in [2.05, 4.69) is 0 Å². The quantitative estimate of drug-likeness (QED) is 0.496. The van der Waals surface area contributed by atoms with Crippen LogP contribution in [-0.4, -0.2) is 11.9 Å². The lowest BCUT2D eigenvalue weighted by atomic mass is 9.81. The fourth-order valence-electron chi connectivity index (χ4n) is 2.46. The first-order valence-corrected chi connectivity index (χ1v) is 6.87. The van der Waals surface area contributed by atoms with E-state index in [0.29, 0.717) is 17.1 Å². The van der Waals surface area contributed by atoms with Crippen LogP contribution in [0.4, 0.5) is 0 Å². The van der Waals surface area contributed by atoms with E-state index in [1.807, 2.05) is 12.1 Å². The van der Waals surface area contributed by atoms with Crippen molar-refractivity contribution in [2.24, 2.45) is 0 Å². The third-order valence-corrected chi connectivity index (χ3v) is 3.50. The second-order valence-corrected chi connectivity index (χ2v) is 5.02. The van der Waals surface area contributed by atoms with Crippen molar-refractivity contribution in [1.82, 2.24) is 0 Å². The Kier molecular flexibility index (Phi) is 3.51. The number of carbonyl (C=O) groups is 2. The van der Waals surface area contributed by atoms with Crippen molar-refractivity contribution in [3.63, 3.8) is 0 Å². The zero-order valence-corrected chi connectivity index (χ0v) is 12.0. The maximum atomic E-state index is 12.7. The number of ether oxygens (including phenoxy) is 2. The minimum Gasteiger partial charge on any atom is -0.430 e. The summed E-state index contributed by atoms with van der Waals surface area (Å²) in [6.07, 6.45) is 1.51. The molecule has 0 spiro atoms. The van der Waals surface area contributed by atoms with Gasteiger partial charge in [-0.3, -0.25) is 0 Å². The fraction of sp³-hybridized carbons (Fsp3) is 0.111. The van der Waals surface area contributed by atoms with Crippen LogP contribution in [0.5, 0.6) is 5.75 Å². The maximum absolute atomic E-state index is 12.7.